The summed E-state index contributed by atoms with van der Waals surface area (Å²) in [5.41, 5.74) is 1.18. The molecule has 0 radical (unpaired) electrons. The summed E-state index contributed by atoms with van der Waals surface area (Å²) in [5, 5.41) is 11.9. The second-order valence-corrected chi connectivity index (χ2v) is 7.24. The van der Waals surface area contributed by atoms with E-state index >= 15 is 0 Å². The predicted molar refractivity (Wildman–Crippen MR) is 105 cm³/mol. The molecule has 27 heavy (non-hydrogen) atoms. The second-order valence-electron chi connectivity index (χ2n) is 7.24. The summed E-state index contributed by atoms with van der Waals surface area (Å²) < 4.78 is 5.72. The monoisotopic (exact) mass is 364 g/mol. The average Bonchev–Trinajstić information content (AvgIpc) is 3.11. The molecule has 1 fully saturated rings. The summed E-state index contributed by atoms with van der Waals surface area (Å²) in [6, 6.07) is 17.5. The number of aliphatic hydroxyl groups is 1. The first-order valence-electron chi connectivity index (χ1n) is 9.36. The van der Waals surface area contributed by atoms with Gasteiger partial charge < -0.3 is 19.7 Å². The van der Waals surface area contributed by atoms with Crippen molar-refractivity contribution < 1.29 is 14.6 Å². The van der Waals surface area contributed by atoms with Crippen LogP contribution in [0.3, 0.4) is 0 Å². The van der Waals surface area contributed by atoms with Gasteiger partial charge in [0.2, 0.25) is 5.91 Å². The van der Waals surface area contributed by atoms with E-state index in [0.717, 1.165) is 22.2 Å². The number of amides is 1. The Bertz CT molecular complexity index is 911. The molecule has 2 N–H and O–H groups in total. The number of hydrogen-bond acceptors (Lipinski definition) is 3. The lowest BCUT2D eigenvalue weighted by molar-refractivity contribution is -0.135. The molecule has 2 heterocycles. The van der Waals surface area contributed by atoms with Crippen LogP contribution in [0.1, 0.15) is 18.4 Å². The molecule has 0 bridgehead atoms. The molecule has 4 rings (SSSR count). The Balaban J connectivity index is 1.32. The fourth-order valence-corrected chi connectivity index (χ4v) is 3.60. The third-order valence-electron chi connectivity index (χ3n) is 5.31. The number of nitrogens with zero attached hydrogens (tertiary/aromatic N) is 1. The molecule has 3 aromatic rings. The van der Waals surface area contributed by atoms with E-state index in [0.29, 0.717) is 32.4 Å². The predicted octanol–water partition coefficient (Wildman–Crippen LogP) is 3.14. The zero-order valence-corrected chi connectivity index (χ0v) is 15.2. The summed E-state index contributed by atoms with van der Waals surface area (Å²) in [6.07, 6.45) is 3.35. The molecule has 0 spiro atoms. The first-order valence-corrected chi connectivity index (χ1v) is 9.36. The van der Waals surface area contributed by atoms with Gasteiger partial charge in [-0.3, -0.25) is 4.79 Å². The van der Waals surface area contributed by atoms with Crippen LogP contribution < -0.4 is 4.74 Å². The summed E-state index contributed by atoms with van der Waals surface area (Å²) in [7, 11) is 0. The van der Waals surface area contributed by atoms with Crippen molar-refractivity contribution in [3.63, 3.8) is 0 Å². The van der Waals surface area contributed by atoms with E-state index in [1.807, 2.05) is 65.7 Å². The standard InChI is InChI=1S/C22H24N2O3/c25-21(14-17-15-23-20-9-5-4-8-19(17)20)24-12-10-22(26,11-13-24)16-27-18-6-2-1-3-7-18/h1-9,15,23,26H,10-14,16H2. The zero-order chi connectivity index (χ0) is 18.7. The number of para-hydroxylation sites is 2. The molecule has 1 amide bonds. The number of fused-ring (bicyclic) bond motifs is 1. The molecule has 0 atom stereocenters. The van der Waals surface area contributed by atoms with Crippen LogP contribution in [0.4, 0.5) is 0 Å². The van der Waals surface area contributed by atoms with Gasteiger partial charge in [0.15, 0.2) is 0 Å². The SMILES string of the molecule is O=C(Cc1c[nH]c2ccccc12)N1CCC(O)(COc2ccccc2)CC1. The van der Waals surface area contributed by atoms with Gasteiger partial charge in [0.1, 0.15) is 18.0 Å². The molecule has 2 aromatic carbocycles. The van der Waals surface area contributed by atoms with Gasteiger partial charge in [-0.05, 0) is 36.6 Å². The van der Waals surface area contributed by atoms with E-state index in [1.54, 1.807) is 0 Å². The first kappa shape index (κ1) is 17.6. The van der Waals surface area contributed by atoms with Crippen molar-refractivity contribution in [3.05, 3.63) is 66.4 Å². The number of aromatic amines is 1. The minimum atomic E-state index is -0.882. The van der Waals surface area contributed by atoms with Gasteiger partial charge in [0.05, 0.1) is 6.42 Å². The van der Waals surface area contributed by atoms with Crippen molar-refractivity contribution >= 4 is 16.8 Å². The summed E-state index contributed by atoms with van der Waals surface area (Å²) in [4.78, 5) is 17.8. The molecule has 1 aromatic heterocycles. The minimum absolute atomic E-state index is 0.103. The third-order valence-corrected chi connectivity index (χ3v) is 5.31. The van der Waals surface area contributed by atoms with Gasteiger partial charge in [-0.1, -0.05) is 36.4 Å². The second kappa shape index (κ2) is 7.45. The number of ether oxygens (including phenoxy) is 1. The van der Waals surface area contributed by atoms with Crippen molar-refractivity contribution in [1.29, 1.82) is 0 Å². The summed E-state index contributed by atoms with van der Waals surface area (Å²) in [6.45, 7) is 1.35. The highest BCUT2D eigenvalue weighted by Crippen LogP contribution is 2.25. The lowest BCUT2D eigenvalue weighted by Gasteiger charge is -2.38. The molecule has 0 unspecified atom stereocenters. The lowest BCUT2D eigenvalue weighted by atomic mass is 9.92. The molecule has 1 saturated heterocycles. The Hall–Kier alpha value is -2.79. The maximum atomic E-state index is 12.7. The highest BCUT2D eigenvalue weighted by atomic mass is 16.5. The molecule has 5 nitrogen and oxygen atoms in total. The number of nitrogens with one attached hydrogen (secondary N) is 1. The lowest BCUT2D eigenvalue weighted by Crippen LogP contribution is -2.49. The number of carbonyl (C=O) groups is 1. The summed E-state index contributed by atoms with van der Waals surface area (Å²) in [5.74, 6) is 0.856. The minimum Gasteiger partial charge on any atom is -0.491 e. The molecule has 0 aliphatic carbocycles. The van der Waals surface area contributed by atoms with Crippen LogP contribution in [0.5, 0.6) is 5.75 Å². The van der Waals surface area contributed by atoms with E-state index in [2.05, 4.69) is 4.98 Å². The highest BCUT2D eigenvalue weighted by Gasteiger charge is 2.34. The Morgan fingerprint density at radius 1 is 1.07 bits per heavy atom. The summed E-state index contributed by atoms with van der Waals surface area (Å²) >= 11 is 0. The fourth-order valence-electron chi connectivity index (χ4n) is 3.60. The van der Waals surface area contributed by atoms with Crippen LogP contribution in [0.25, 0.3) is 10.9 Å². The number of rotatable bonds is 5. The van der Waals surface area contributed by atoms with Gasteiger partial charge >= 0.3 is 0 Å². The maximum Gasteiger partial charge on any atom is 0.227 e. The van der Waals surface area contributed by atoms with Gasteiger partial charge in [0, 0.05) is 30.2 Å². The highest BCUT2D eigenvalue weighted by molar-refractivity contribution is 5.88. The maximum absolute atomic E-state index is 12.7. The van der Waals surface area contributed by atoms with Crippen molar-refractivity contribution in [2.24, 2.45) is 0 Å². The Morgan fingerprint density at radius 3 is 2.56 bits per heavy atom. The van der Waals surface area contributed by atoms with Gasteiger partial charge in [0.25, 0.3) is 0 Å². The number of likely N-dealkylation sites (tertiary alicyclic amines) is 1. The first-order chi connectivity index (χ1) is 13.1. The molecular formula is C22H24N2O3. The fraction of sp³-hybridized carbons (Fsp3) is 0.318. The van der Waals surface area contributed by atoms with Crippen LogP contribution >= 0.6 is 0 Å². The van der Waals surface area contributed by atoms with Crippen molar-refractivity contribution in [3.8, 4) is 5.75 Å². The van der Waals surface area contributed by atoms with Crippen LogP contribution in [-0.2, 0) is 11.2 Å². The number of benzene rings is 2. The third kappa shape index (κ3) is 3.98. The number of hydrogen-bond donors (Lipinski definition) is 2. The van der Waals surface area contributed by atoms with Crippen LogP contribution in [0.15, 0.2) is 60.8 Å². The van der Waals surface area contributed by atoms with Crippen molar-refractivity contribution in [1.82, 2.24) is 9.88 Å². The molecule has 1 aliphatic rings. The van der Waals surface area contributed by atoms with Crippen LogP contribution in [0, 0.1) is 0 Å². The van der Waals surface area contributed by atoms with Gasteiger partial charge in [-0.15, -0.1) is 0 Å². The Labute approximate surface area is 158 Å². The topological polar surface area (TPSA) is 65.6 Å². The van der Waals surface area contributed by atoms with Crippen LogP contribution in [-0.4, -0.2) is 46.2 Å². The molecule has 140 valence electrons. The van der Waals surface area contributed by atoms with E-state index in [-0.39, 0.29) is 12.5 Å². The van der Waals surface area contributed by atoms with E-state index in [9.17, 15) is 9.90 Å². The van der Waals surface area contributed by atoms with E-state index in [4.69, 9.17) is 4.74 Å². The normalized spacial score (nSPS) is 16.4. The molecular weight excluding hydrogens is 340 g/mol. The number of H-pyrrole nitrogens is 1. The van der Waals surface area contributed by atoms with Gasteiger partial charge in [-0.2, -0.15) is 0 Å². The smallest absolute Gasteiger partial charge is 0.227 e. The molecule has 0 saturated carbocycles. The number of piperidine rings is 1. The molecule has 1 aliphatic heterocycles. The number of aromatic nitrogens is 1. The van der Waals surface area contributed by atoms with Crippen molar-refractivity contribution in [2.45, 2.75) is 24.9 Å². The van der Waals surface area contributed by atoms with E-state index in [1.165, 1.54) is 0 Å². The quantitative estimate of drug-likeness (QED) is 0.731. The van der Waals surface area contributed by atoms with Gasteiger partial charge in [-0.25, -0.2) is 0 Å². The van der Waals surface area contributed by atoms with Crippen LogP contribution in [0.2, 0.25) is 0 Å². The Kier molecular flexibility index (Phi) is 4.86. The van der Waals surface area contributed by atoms with E-state index < -0.39 is 5.60 Å². The Morgan fingerprint density at radius 2 is 1.78 bits per heavy atom. The number of carbonyl (C=O) groups excluding carboxylic acids is 1. The van der Waals surface area contributed by atoms with Crippen molar-refractivity contribution in [2.75, 3.05) is 19.7 Å². The average molecular weight is 364 g/mol. The zero-order valence-electron chi connectivity index (χ0n) is 15.2. The molecule has 5 heteroatoms. The largest absolute Gasteiger partial charge is 0.491 e.